The second kappa shape index (κ2) is 8.55. The van der Waals surface area contributed by atoms with Gasteiger partial charge < -0.3 is 15.1 Å². The summed E-state index contributed by atoms with van der Waals surface area (Å²) < 4.78 is 5.98. The van der Waals surface area contributed by atoms with E-state index in [0.717, 1.165) is 5.56 Å². The van der Waals surface area contributed by atoms with Crippen molar-refractivity contribution in [2.45, 2.75) is 40.3 Å². The van der Waals surface area contributed by atoms with E-state index < -0.39 is 31.1 Å². The number of non-ortho nitro benzene ring substituents is 1. The number of nitro groups is 1. The number of nitro benzene ring substituents is 1. The number of carboxylic acids is 1. The van der Waals surface area contributed by atoms with Crippen LogP contribution in [0.5, 0.6) is 0 Å². The van der Waals surface area contributed by atoms with Gasteiger partial charge >= 0.3 is 11.7 Å². The molecule has 0 radical (unpaired) electrons. The molecule has 26 heavy (non-hydrogen) atoms. The minimum absolute atomic E-state index is 0.0300. The predicted octanol–water partition coefficient (Wildman–Crippen LogP) is 3.19. The van der Waals surface area contributed by atoms with Crippen molar-refractivity contribution >= 4 is 26.4 Å². The summed E-state index contributed by atoms with van der Waals surface area (Å²) in [4.78, 5) is 24.8. The molecule has 0 saturated carbocycles. The fourth-order valence-corrected chi connectivity index (χ4v) is 3.27. The molecule has 0 aliphatic carbocycles. The quantitative estimate of drug-likeness (QED) is 0.148. The molecule has 0 saturated heterocycles. The molecule has 1 rings (SSSR count). The first-order valence-corrected chi connectivity index (χ1v) is 10.8. The number of allylic oxidation sites excluding steroid dienone is 1. The second-order valence-electron chi connectivity index (χ2n) is 7.07. The van der Waals surface area contributed by atoms with E-state index in [-0.39, 0.29) is 12.1 Å². The SMILES string of the molecule is C[SiH](C)OC(Cc1ccc([N+](=O)[O-])cc1)=C(C(=[N+]=[N-])C(=O)O)C(C)(C)C. The van der Waals surface area contributed by atoms with Gasteiger partial charge in [-0.1, -0.05) is 32.9 Å². The highest BCUT2D eigenvalue weighted by atomic mass is 28.3. The first-order chi connectivity index (χ1) is 12.0. The van der Waals surface area contributed by atoms with E-state index in [0.29, 0.717) is 11.3 Å². The van der Waals surface area contributed by atoms with E-state index in [4.69, 9.17) is 4.43 Å². The maximum absolute atomic E-state index is 11.5. The summed E-state index contributed by atoms with van der Waals surface area (Å²) >= 11 is 0. The largest absolute Gasteiger partial charge is 0.549 e. The van der Waals surface area contributed by atoms with Gasteiger partial charge in [-0.15, -0.1) is 0 Å². The lowest BCUT2D eigenvalue weighted by molar-refractivity contribution is -0.384. The fraction of sp³-hybridized carbons (Fsp3) is 0.412. The van der Waals surface area contributed by atoms with Crippen molar-refractivity contribution in [3.63, 3.8) is 0 Å². The molecule has 0 heterocycles. The molecule has 0 spiro atoms. The third-order valence-corrected chi connectivity index (χ3v) is 4.21. The smallest absolute Gasteiger partial charge is 0.419 e. The van der Waals surface area contributed by atoms with Crippen molar-refractivity contribution in [2.75, 3.05) is 0 Å². The van der Waals surface area contributed by atoms with Crippen molar-refractivity contribution in [1.29, 1.82) is 0 Å². The molecule has 1 N–H and O–H groups in total. The summed E-state index contributed by atoms with van der Waals surface area (Å²) in [6, 6.07) is 5.96. The van der Waals surface area contributed by atoms with Crippen molar-refractivity contribution < 1.29 is 24.0 Å². The Bertz CT molecular complexity index is 773. The second-order valence-corrected chi connectivity index (χ2v) is 9.40. The molecule has 8 nitrogen and oxygen atoms in total. The Morgan fingerprint density at radius 1 is 1.31 bits per heavy atom. The molecule has 0 aliphatic rings. The van der Waals surface area contributed by atoms with Crippen molar-refractivity contribution in [1.82, 2.24) is 0 Å². The zero-order valence-electron chi connectivity index (χ0n) is 15.5. The Balaban J connectivity index is 3.52. The Labute approximate surface area is 153 Å². The van der Waals surface area contributed by atoms with Crippen LogP contribution < -0.4 is 0 Å². The topological polar surface area (TPSA) is 126 Å². The van der Waals surface area contributed by atoms with Crippen LogP contribution in [0.2, 0.25) is 13.1 Å². The van der Waals surface area contributed by atoms with E-state index >= 15 is 0 Å². The molecule has 0 atom stereocenters. The first-order valence-electron chi connectivity index (χ1n) is 8.06. The molecule has 0 fully saturated rings. The fourth-order valence-electron chi connectivity index (χ4n) is 2.50. The van der Waals surface area contributed by atoms with Crippen LogP contribution >= 0.6 is 0 Å². The molecule has 140 valence electrons. The summed E-state index contributed by atoms with van der Waals surface area (Å²) in [6.45, 7) is 9.28. The summed E-state index contributed by atoms with van der Waals surface area (Å²) in [5.74, 6) is -0.948. The van der Waals surface area contributed by atoms with Gasteiger partial charge in [0.2, 0.25) is 9.04 Å². The maximum Gasteiger partial charge on any atom is 0.419 e. The number of aliphatic carboxylic acids is 1. The van der Waals surface area contributed by atoms with E-state index in [1.54, 1.807) is 32.9 Å². The lowest BCUT2D eigenvalue weighted by Gasteiger charge is -2.24. The number of hydrogen-bond donors (Lipinski definition) is 1. The van der Waals surface area contributed by atoms with Gasteiger partial charge in [-0.3, -0.25) is 10.1 Å². The minimum atomic E-state index is -1.60. The van der Waals surface area contributed by atoms with Gasteiger partial charge in [0, 0.05) is 18.6 Å². The molecule has 9 heteroatoms. The lowest BCUT2D eigenvalue weighted by atomic mass is 9.81. The highest BCUT2D eigenvalue weighted by Crippen LogP contribution is 2.31. The monoisotopic (exact) mass is 377 g/mol. The first kappa shape index (κ1) is 21.3. The van der Waals surface area contributed by atoms with E-state index in [2.05, 4.69) is 4.79 Å². The third kappa shape index (κ3) is 5.64. The van der Waals surface area contributed by atoms with Gasteiger partial charge in [-0.2, -0.15) is 4.79 Å². The van der Waals surface area contributed by atoms with Gasteiger partial charge in [0.15, 0.2) is 0 Å². The zero-order valence-corrected chi connectivity index (χ0v) is 16.7. The van der Waals surface area contributed by atoms with Crippen LogP contribution in [0.4, 0.5) is 5.69 Å². The van der Waals surface area contributed by atoms with Crippen LogP contribution in [-0.2, 0) is 15.6 Å². The highest BCUT2D eigenvalue weighted by molar-refractivity contribution is 6.49. The van der Waals surface area contributed by atoms with Crippen LogP contribution in [0.1, 0.15) is 26.3 Å². The normalized spacial score (nSPS) is 12.2. The van der Waals surface area contributed by atoms with Crippen LogP contribution in [0, 0.1) is 15.5 Å². The summed E-state index contributed by atoms with van der Waals surface area (Å²) in [5, 5.41) is 20.2. The zero-order chi connectivity index (χ0) is 20.1. The maximum atomic E-state index is 11.5. The van der Waals surface area contributed by atoms with E-state index in [1.807, 2.05) is 13.1 Å². The number of hydrogen-bond acceptors (Lipinski definition) is 4. The molecule has 0 aromatic heterocycles. The molecule has 1 aromatic rings. The third-order valence-electron chi connectivity index (χ3n) is 3.46. The van der Waals surface area contributed by atoms with Crippen molar-refractivity contribution in [3.8, 4) is 0 Å². The van der Waals surface area contributed by atoms with E-state index in [9.17, 15) is 25.5 Å². The minimum Gasteiger partial charge on any atom is -0.549 e. The van der Waals surface area contributed by atoms with Gasteiger partial charge in [-0.25, -0.2) is 4.79 Å². The average Bonchev–Trinajstić information content (AvgIpc) is 2.50. The number of carbonyl (C=O) groups is 1. The Morgan fingerprint density at radius 2 is 1.85 bits per heavy atom. The Morgan fingerprint density at radius 3 is 2.19 bits per heavy atom. The van der Waals surface area contributed by atoms with Gasteiger partial charge in [0.1, 0.15) is 0 Å². The average molecular weight is 377 g/mol. The molecule has 0 amide bonds. The summed E-state index contributed by atoms with van der Waals surface area (Å²) in [6.07, 6.45) is 0.238. The van der Waals surface area contributed by atoms with Crippen LogP contribution in [-0.4, -0.2) is 35.5 Å². The molecule has 1 aromatic carbocycles. The molecule has 0 bridgehead atoms. The summed E-state index contributed by atoms with van der Waals surface area (Å²) in [7, 11) is -1.60. The van der Waals surface area contributed by atoms with Crippen LogP contribution in [0.3, 0.4) is 0 Å². The standard InChI is InChI=1S/C17H23N3O5Si/c1-17(2,3)14(15(19-18)16(21)22)13(25-26(4)5)10-11-6-8-12(9-7-11)20(23)24/h6-9,26H,10H2,1-5H3,(H,21,22). The van der Waals surface area contributed by atoms with Crippen molar-refractivity contribution in [2.24, 2.45) is 5.41 Å². The highest BCUT2D eigenvalue weighted by Gasteiger charge is 2.37. The van der Waals surface area contributed by atoms with Gasteiger partial charge in [0.05, 0.1) is 16.3 Å². The number of rotatable bonds is 7. The number of nitrogens with zero attached hydrogens (tertiary/aromatic N) is 3. The van der Waals surface area contributed by atoms with E-state index in [1.165, 1.54) is 12.1 Å². The van der Waals surface area contributed by atoms with Gasteiger partial charge in [0.25, 0.3) is 5.69 Å². The molecule has 0 aliphatic heterocycles. The predicted molar refractivity (Wildman–Crippen MR) is 99.5 cm³/mol. The molecule has 0 unspecified atom stereocenters. The molecular formula is C17H23N3O5Si. The lowest BCUT2D eigenvalue weighted by Crippen LogP contribution is -2.29. The Kier molecular flexibility index (Phi) is 6.99. The van der Waals surface area contributed by atoms with Crippen molar-refractivity contribution in [3.05, 3.63) is 56.8 Å². The summed E-state index contributed by atoms with van der Waals surface area (Å²) in [5.41, 5.74) is 9.10. The Hall–Kier alpha value is -2.77. The van der Waals surface area contributed by atoms with Gasteiger partial charge in [-0.05, 0) is 24.1 Å². The number of benzene rings is 1. The molecular weight excluding hydrogens is 354 g/mol. The van der Waals surface area contributed by atoms with Crippen LogP contribution in [0.25, 0.3) is 5.53 Å². The number of carboxylic acid groups (broad SMARTS) is 1. The van der Waals surface area contributed by atoms with Crippen LogP contribution in [0.15, 0.2) is 35.6 Å².